The molecule has 0 radical (unpaired) electrons. The summed E-state index contributed by atoms with van der Waals surface area (Å²) < 4.78 is 0. The summed E-state index contributed by atoms with van der Waals surface area (Å²) in [5.74, 6) is -1.29. The van der Waals surface area contributed by atoms with Crippen molar-refractivity contribution in [2.45, 2.75) is 13.3 Å². The van der Waals surface area contributed by atoms with Gasteiger partial charge in [0.1, 0.15) is 5.69 Å². The third-order valence-corrected chi connectivity index (χ3v) is 2.76. The van der Waals surface area contributed by atoms with Gasteiger partial charge >= 0.3 is 5.97 Å². The molecule has 5 heteroatoms. The van der Waals surface area contributed by atoms with Gasteiger partial charge in [0.15, 0.2) is 0 Å². The number of carboxylic acids is 1. The van der Waals surface area contributed by atoms with Crippen molar-refractivity contribution in [2.75, 3.05) is 6.54 Å². The van der Waals surface area contributed by atoms with E-state index >= 15 is 0 Å². The highest BCUT2D eigenvalue weighted by atomic mass is 16.4. The van der Waals surface area contributed by atoms with E-state index in [0.29, 0.717) is 5.69 Å². The minimum Gasteiger partial charge on any atom is -0.481 e. The number of hydrogen-bond acceptors (Lipinski definition) is 3. The Morgan fingerprint density at radius 3 is 2.84 bits per heavy atom. The van der Waals surface area contributed by atoms with Gasteiger partial charge in [-0.15, -0.1) is 0 Å². The number of nitrogens with zero attached hydrogens (tertiary/aromatic N) is 1. The first kappa shape index (κ1) is 13.0. The van der Waals surface area contributed by atoms with Gasteiger partial charge in [0.2, 0.25) is 0 Å². The average molecular weight is 258 g/mol. The maximum Gasteiger partial charge on any atom is 0.305 e. The lowest BCUT2D eigenvalue weighted by Crippen LogP contribution is -2.27. The molecule has 2 rings (SSSR count). The highest BCUT2D eigenvalue weighted by molar-refractivity contribution is 6.05. The van der Waals surface area contributed by atoms with Crippen molar-refractivity contribution in [3.8, 4) is 0 Å². The molecule has 0 bridgehead atoms. The fourth-order valence-electron chi connectivity index (χ4n) is 1.84. The predicted octanol–water partition coefficient (Wildman–Crippen LogP) is 1.75. The van der Waals surface area contributed by atoms with Gasteiger partial charge in [-0.2, -0.15) is 0 Å². The van der Waals surface area contributed by atoms with Crippen LogP contribution in [0.3, 0.4) is 0 Å². The molecule has 1 heterocycles. The van der Waals surface area contributed by atoms with Gasteiger partial charge in [-0.3, -0.25) is 14.6 Å². The van der Waals surface area contributed by atoms with Gasteiger partial charge in [0.05, 0.1) is 6.42 Å². The van der Waals surface area contributed by atoms with Crippen molar-refractivity contribution in [1.29, 1.82) is 0 Å². The van der Waals surface area contributed by atoms with Crippen LogP contribution in [0.2, 0.25) is 0 Å². The van der Waals surface area contributed by atoms with Crippen molar-refractivity contribution in [3.05, 3.63) is 41.7 Å². The molecule has 1 amide bonds. The highest BCUT2D eigenvalue weighted by Crippen LogP contribution is 2.18. The molecule has 5 nitrogen and oxygen atoms in total. The van der Waals surface area contributed by atoms with E-state index in [-0.39, 0.29) is 18.9 Å². The Morgan fingerprint density at radius 1 is 1.32 bits per heavy atom. The number of nitrogens with one attached hydrogen (secondary N) is 1. The first-order valence-corrected chi connectivity index (χ1v) is 5.93. The third-order valence-electron chi connectivity index (χ3n) is 2.76. The van der Waals surface area contributed by atoms with Gasteiger partial charge in [-0.25, -0.2) is 0 Å². The number of carbonyl (C=O) groups is 2. The zero-order chi connectivity index (χ0) is 13.8. The number of carboxylic acid groups (broad SMARTS) is 1. The minimum absolute atomic E-state index is 0.0953. The van der Waals surface area contributed by atoms with E-state index in [1.54, 1.807) is 6.20 Å². The maximum atomic E-state index is 12.0. The second kappa shape index (κ2) is 5.48. The van der Waals surface area contributed by atoms with Crippen LogP contribution in [0.5, 0.6) is 0 Å². The molecule has 0 saturated carbocycles. The van der Waals surface area contributed by atoms with Gasteiger partial charge in [0, 0.05) is 18.1 Å². The van der Waals surface area contributed by atoms with Crippen LogP contribution in [-0.2, 0) is 4.79 Å². The van der Waals surface area contributed by atoms with Crippen molar-refractivity contribution in [1.82, 2.24) is 10.3 Å². The summed E-state index contributed by atoms with van der Waals surface area (Å²) in [5.41, 5.74) is 1.43. The summed E-state index contributed by atoms with van der Waals surface area (Å²) >= 11 is 0. The van der Waals surface area contributed by atoms with Crippen molar-refractivity contribution >= 4 is 22.6 Å². The van der Waals surface area contributed by atoms with Crippen molar-refractivity contribution < 1.29 is 14.7 Å². The number of pyridine rings is 1. The predicted molar refractivity (Wildman–Crippen MR) is 71.1 cm³/mol. The Labute approximate surface area is 110 Å². The van der Waals surface area contributed by atoms with Crippen LogP contribution in [0, 0.1) is 6.92 Å². The Hall–Kier alpha value is -2.43. The van der Waals surface area contributed by atoms with Crippen LogP contribution in [0.25, 0.3) is 10.8 Å². The lowest BCUT2D eigenvalue weighted by molar-refractivity contribution is -0.136. The number of aryl methyl sites for hydroxylation is 1. The number of rotatable bonds is 4. The number of benzene rings is 1. The van der Waals surface area contributed by atoms with E-state index in [1.807, 2.05) is 31.2 Å². The van der Waals surface area contributed by atoms with Crippen LogP contribution in [0.15, 0.2) is 30.5 Å². The molecule has 0 fully saturated rings. The maximum absolute atomic E-state index is 12.0. The summed E-state index contributed by atoms with van der Waals surface area (Å²) in [6, 6.07) is 7.59. The minimum atomic E-state index is -0.943. The quantitative estimate of drug-likeness (QED) is 0.875. The average Bonchev–Trinajstić information content (AvgIpc) is 2.37. The molecular formula is C14H14N2O3. The van der Waals surface area contributed by atoms with E-state index < -0.39 is 5.97 Å². The Bertz CT molecular complexity index is 638. The molecule has 0 aliphatic carbocycles. The molecule has 1 aromatic heterocycles. The first-order valence-electron chi connectivity index (χ1n) is 5.93. The molecular weight excluding hydrogens is 244 g/mol. The molecule has 19 heavy (non-hydrogen) atoms. The zero-order valence-corrected chi connectivity index (χ0v) is 10.5. The third kappa shape index (κ3) is 3.07. The van der Waals surface area contributed by atoms with E-state index in [9.17, 15) is 9.59 Å². The number of hydrogen-bond donors (Lipinski definition) is 2. The zero-order valence-electron chi connectivity index (χ0n) is 10.5. The van der Waals surface area contributed by atoms with Crippen molar-refractivity contribution in [3.63, 3.8) is 0 Å². The van der Waals surface area contributed by atoms with Crippen molar-refractivity contribution in [2.24, 2.45) is 0 Å². The highest BCUT2D eigenvalue weighted by Gasteiger charge is 2.11. The van der Waals surface area contributed by atoms with E-state index in [0.717, 1.165) is 16.3 Å². The molecule has 0 saturated heterocycles. The van der Waals surface area contributed by atoms with Gasteiger partial charge in [0.25, 0.3) is 5.91 Å². The standard InChI is InChI=1S/C14H14N2O3/c1-9-2-3-11-10(8-9)4-6-15-13(11)14(19)16-7-5-12(17)18/h2-4,6,8H,5,7H2,1H3,(H,16,19)(H,17,18). The van der Waals surface area contributed by atoms with Gasteiger partial charge < -0.3 is 10.4 Å². The fraction of sp³-hybridized carbons (Fsp3) is 0.214. The Kier molecular flexibility index (Phi) is 3.75. The SMILES string of the molecule is Cc1ccc2c(C(=O)NCCC(=O)O)nccc2c1. The fourth-order valence-corrected chi connectivity index (χ4v) is 1.84. The lowest BCUT2D eigenvalue weighted by Gasteiger charge is -2.06. The Morgan fingerprint density at radius 2 is 2.11 bits per heavy atom. The summed E-state index contributed by atoms with van der Waals surface area (Å²) in [6.07, 6.45) is 1.48. The monoisotopic (exact) mass is 258 g/mol. The molecule has 0 atom stereocenters. The van der Waals surface area contributed by atoms with Crippen LogP contribution in [0.1, 0.15) is 22.5 Å². The number of fused-ring (bicyclic) bond motifs is 1. The van der Waals surface area contributed by atoms with E-state index in [4.69, 9.17) is 5.11 Å². The molecule has 98 valence electrons. The molecule has 1 aromatic carbocycles. The number of aliphatic carboxylic acids is 1. The molecule has 0 unspecified atom stereocenters. The molecule has 0 aliphatic rings. The normalized spacial score (nSPS) is 10.4. The second-order valence-corrected chi connectivity index (χ2v) is 4.28. The topological polar surface area (TPSA) is 79.3 Å². The molecule has 2 N–H and O–H groups in total. The van der Waals surface area contributed by atoms with E-state index in [2.05, 4.69) is 10.3 Å². The number of aromatic nitrogens is 1. The van der Waals surface area contributed by atoms with Crippen LogP contribution < -0.4 is 5.32 Å². The first-order chi connectivity index (χ1) is 9.08. The van der Waals surface area contributed by atoms with E-state index in [1.165, 1.54) is 0 Å². The second-order valence-electron chi connectivity index (χ2n) is 4.28. The van der Waals surface area contributed by atoms with Crippen LogP contribution >= 0.6 is 0 Å². The smallest absolute Gasteiger partial charge is 0.305 e. The largest absolute Gasteiger partial charge is 0.481 e. The summed E-state index contributed by atoms with van der Waals surface area (Å²) in [7, 11) is 0. The molecule has 2 aromatic rings. The summed E-state index contributed by atoms with van der Waals surface area (Å²) in [4.78, 5) is 26.4. The number of carbonyl (C=O) groups excluding carboxylic acids is 1. The number of amides is 1. The summed E-state index contributed by atoms with van der Waals surface area (Å²) in [6.45, 7) is 2.07. The summed E-state index contributed by atoms with van der Waals surface area (Å²) in [5, 5.41) is 12.8. The lowest BCUT2D eigenvalue weighted by atomic mass is 10.1. The Balaban J connectivity index is 2.24. The molecule has 0 spiro atoms. The van der Waals surface area contributed by atoms with Crippen LogP contribution in [-0.4, -0.2) is 28.5 Å². The molecule has 0 aliphatic heterocycles. The van der Waals surface area contributed by atoms with Gasteiger partial charge in [-0.1, -0.05) is 23.8 Å². The van der Waals surface area contributed by atoms with Crippen LogP contribution in [0.4, 0.5) is 0 Å². The van der Waals surface area contributed by atoms with Gasteiger partial charge in [-0.05, 0) is 18.4 Å².